The van der Waals surface area contributed by atoms with Gasteiger partial charge in [-0.2, -0.15) is 0 Å². The smallest absolute Gasteiger partial charge is 0.155 e. The predicted octanol–water partition coefficient (Wildman–Crippen LogP) is -0.839. The Morgan fingerprint density at radius 3 is 2.50 bits per heavy atom. The van der Waals surface area contributed by atoms with Gasteiger partial charge in [0, 0.05) is 0 Å². The Bertz CT molecular complexity index is 324. The van der Waals surface area contributed by atoms with Crippen molar-refractivity contribution in [3.8, 4) is 0 Å². The van der Waals surface area contributed by atoms with Crippen LogP contribution in [-0.2, 0) is 14.6 Å². The highest BCUT2D eigenvalue weighted by molar-refractivity contribution is 7.91. The number of hydrogen-bond donors (Lipinski definition) is 2. The van der Waals surface area contributed by atoms with Crippen LogP contribution in [0.5, 0.6) is 0 Å². The molecule has 5 nitrogen and oxygen atoms in total. The molecule has 0 saturated carbocycles. The van der Waals surface area contributed by atoms with Crippen LogP contribution in [0.1, 0.15) is 12.8 Å². The van der Waals surface area contributed by atoms with Crippen molar-refractivity contribution in [1.82, 2.24) is 5.32 Å². The van der Waals surface area contributed by atoms with Gasteiger partial charge in [0.25, 0.3) is 0 Å². The molecule has 0 aromatic rings. The third-order valence-electron chi connectivity index (χ3n) is 3.28. The average Bonchev–Trinajstić information content (AvgIpc) is 2.50. The molecular formula is C10H19NO4S. The highest BCUT2D eigenvalue weighted by atomic mass is 32.2. The molecule has 2 atom stereocenters. The van der Waals surface area contributed by atoms with Crippen molar-refractivity contribution in [2.75, 3.05) is 31.2 Å². The zero-order chi connectivity index (χ0) is 11.6. The Labute approximate surface area is 96.1 Å². The molecule has 2 saturated heterocycles. The fourth-order valence-corrected chi connectivity index (χ4v) is 3.95. The molecule has 2 aliphatic heterocycles. The highest BCUT2D eigenvalue weighted by Gasteiger charge is 2.37. The molecule has 0 radical (unpaired) electrons. The average molecular weight is 249 g/mol. The van der Waals surface area contributed by atoms with Crippen molar-refractivity contribution in [1.29, 1.82) is 0 Å². The molecule has 0 aromatic heterocycles. The molecule has 6 heteroatoms. The van der Waals surface area contributed by atoms with E-state index in [0.717, 1.165) is 25.9 Å². The van der Waals surface area contributed by atoms with E-state index in [0.29, 0.717) is 12.5 Å². The maximum Gasteiger partial charge on any atom is 0.155 e. The number of aliphatic hydroxyl groups is 1. The van der Waals surface area contributed by atoms with Crippen LogP contribution < -0.4 is 5.32 Å². The fraction of sp³-hybridized carbons (Fsp3) is 1.00. The van der Waals surface area contributed by atoms with Crippen LogP contribution in [0.2, 0.25) is 0 Å². The van der Waals surface area contributed by atoms with E-state index < -0.39 is 22.0 Å². The summed E-state index contributed by atoms with van der Waals surface area (Å²) in [6.45, 7) is 2.57. The van der Waals surface area contributed by atoms with Gasteiger partial charge in [-0.1, -0.05) is 0 Å². The van der Waals surface area contributed by atoms with Crippen molar-refractivity contribution >= 4 is 9.84 Å². The summed E-state index contributed by atoms with van der Waals surface area (Å²) in [7, 11) is -3.08. The van der Waals surface area contributed by atoms with Gasteiger partial charge in [-0.3, -0.25) is 0 Å². The summed E-state index contributed by atoms with van der Waals surface area (Å²) in [5, 5.41) is 12.8. The first-order chi connectivity index (χ1) is 7.57. The first-order valence-corrected chi connectivity index (χ1v) is 7.60. The minimum atomic E-state index is -3.08. The Hall–Kier alpha value is -0.170. The molecule has 0 aliphatic carbocycles. The molecule has 0 amide bonds. The van der Waals surface area contributed by atoms with Crippen molar-refractivity contribution < 1.29 is 18.3 Å². The number of sulfone groups is 1. The largest absolute Gasteiger partial charge is 0.389 e. The maximum atomic E-state index is 11.3. The van der Waals surface area contributed by atoms with Gasteiger partial charge in [0.2, 0.25) is 0 Å². The second kappa shape index (κ2) is 5.00. The van der Waals surface area contributed by atoms with Gasteiger partial charge in [-0.15, -0.1) is 0 Å². The van der Waals surface area contributed by atoms with Crippen LogP contribution in [0.15, 0.2) is 0 Å². The van der Waals surface area contributed by atoms with Crippen LogP contribution in [0, 0.1) is 5.92 Å². The molecule has 16 heavy (non-hydrogen) atoms. The van der Waals surface area contributed by atoms with E-state index in [1.54, 1.807) is 0 Å². The molecule has 2 unspecified atom stereocenters. The predicted molar refractivity (Wildman–Crippen MR) is 60.0 cm³/mol. The Balaban J connectivity index is 1.77. The molecule has 94 valence electrons. The summed E-state index contributed by atoms with van der Waals surface area (Å²) in [5.41, 5.74) is 0. The van der Waals surface area contributed by atoms with Crippen LogP contribution in [0.25, 0.3) is 0 Å². The summed E-state index contributed by atoms with van der Waals surface area (Å²) in [5.74, 6) is 0.319. The molecule has 2 N–H and O–H groups in total. The van der Waals surface area contributed by atoms with E-state index in [9.17, 15) is 13.5 Å². The minimum absolute atomic E-state index is 0.0286. The van der Waals surface area contributed by atoms with Crippen molar-refractivity contribution in [2.45, 2.75) is 25.0 Å². The van der Waals surface area contributed by atoms with E-state index in [4.69, 9.17) is 4.74 Å². The molecule has 0 aromatic carbocycles. The molecule has 2 aliphatic rings. The SMILES string of the molecule is O=S1(=O)CC(O)C(OCC2CCNCC2)C1. The number of nitrogens with one attached hydrogen (secondary N) is 1. The van der Waals surface area contributed by atoms with Crippen molar-refractivity contribution in [2.24, 2.45) is 5.92 Å². The number of rotatable bonds is 3. The second-order valence-corrected chi connectivity index (χ2v) is 6.86. The highest BCUT2D eigenvalue weighted by Crippen LogP contribution is 2.19. The van der Waals surface area contributed by atoms with E-state index in [1.807, 2.05) is 0 Å². The maximum absolute atomic E-state index is 11.3. The zero-order valence-corrected chi connectivity index (χ0v) is 10.1. The summed E-state index contributed by atoms with van der Waals surface area (Å²) in [6.07, 6.45) is 0.775. The van der Waals surface area contributed by atoms with Gasteiger partial charge in [-0.25, -0.2) is 8.42 Å². The van der Waals surface area contributed by atoms with E-state index >= 15 is 0 Å². The van der Waals surface area contributed by atoms with Crippen molar-refractivity contribution in [3.63, 3.8) is 0 Å². The van der Waals surface area contributed by atoms with Gasteiger partial charge in [0.15, 0.2) is 9.84 Å². The number of aliphatic hydroxyl groups excluding tert-OH is 1. The standard InChI is InChI=1S/C10H19NO4S/c12-9-6-16(13,14)7-10(9)15-5-8-1-3-11-4-2-8/h8-12H,1-7H2. The topological polar surface area (TPSA) is 75.6 Å². The van der Waals surface area contributed by atoms with Crippen LogP contribution in [-0.4, -0.2) is 56.9 Å². The van der Waals surface area contributed by atoms with Gasteiger partial charge < -0.3 is 15.2 Å². The number of hydrogen-bond acceptors (Lipinski definition) is 5. The minimum Gasteiger partial charge on any atom is -0.389 e. The third-order valence-corrected chi connectivity index (χ3v) is 4.96. The van der Waals surface area contributed by atoms with Gasteiger partial charge in [0.05, 0.1) is 30.3 Å². The lowest BCUT2D eigenvalue weighted by molar-refractivity contribution is -0.0256. The third kappa shape index (κ3) is 3.16. The van der Waals surface area contributed by atoms with Crippen LogP contribution >= 0.6 is 0 Å². The van der Waals surface area contributed by atoms with E-state index in [1.165, 1.54) is 0 Å². The van der Waals surface area contributed by atoms with E-state index in [2.05, 4.69) is 5.32 Å². The van der Waals surface area contributed by atoms with Gasteiger partial charge in [0.1, 0.15) is 0 Å². The quantitative estimate of drug-likeness (QED) is 0.682. The summed E-state index contributed by atoms with van der Waals surface area (Å²) in [6, 6.07) is 0. The molecule has 0 bridgehead atoms. The van der Waals surface area contributed by atoms with Gasteiger partial charge >= 0.3 is 0 Å². The lowest BCUT2D eigenvalue weighted by Crippen LogP contribution is -2.33. The fourth-order valence-electron chi connectivity index (χ4n) is 2.26. The molecule has 2 fully saturated rings. The Morgan fingerprint density at radius 2 is 1.94 bits per heavy atom. The lowest BCUT2D eigenvalue weighted by Gasteiger charge is -2.24. The van der Waals surface area contributed by atoms with E-state index in [-0.39, 0.29) is 11.5 Å². The summed E-state index contributed by atoms with van der Waals surface area (Å²) < 4.78 is 28.0. The first-order valence-electron chi connectivity index (χ1n) is 5.77. The number of ether oxygens (including phenoxy) is 1. The normalized spacial score (nSPS) is 35.3. The monoisotopic (exact) mass is 249 g/mol. The summed E-state index contributed by atoms with van der Waals surface area (Å²) in [4.78, 5) is 0. The van der Waals surface area contributed by atoms with Crippen molar-refractivity contribution in [3.05, 3.63) is 0 Å². The van der Waals surface area contributed by atoms with Crippen LogP contribution in [0.4, 0.5) is 0 Å². The molecule has 2 heterocycles. The van der Waals surface area contributed by atoms with Gasteiger partial charge in [-0.05, 0) is 31.8 Å². The lowest BCUT2D eigenvalue weighted by atomic mass is 9.99. The Morgan fingerprint density at radius 1 is 1.25 bits per heavy atom. The number of piperidine rings is 1. The Kier molecular flexibility index (Phi) is 3.84. The molecular weight excluding hydrogens is 230 g/mol. The van der Waals surface area contributed by atoms with Crippen LogP contribution in [0.3, 0.4) is 0 Å². The first kappa shape index (κ1) is 12.3. The molecule has 0 spiro atoms. The second-order valence-electron chi connectivity index (χ2n) is 4.71. The summed E-state index contributed by atoms with van der Waals surface area (Å²) >= 11 is 0. The zero-order valence-electron chi connectivity index (χ0n) is 9.26. The molecule has 2 rings (SSSR count).